The van der Waals surface area contributed by atoms with Crippen LogP contribution < -0.4 is 5.32 Å². The van der Waals surface area contributed by atoms with Crippen LogP contribution in [-0.4, -0.2) is 29.5 Å². The molecule has 5 nitrogen and oxygen atoms in total. The number of hydrogen-bond donors (Lipinski definition) is 2. The van der Waals surface area contributed by atoms with Crippen molar-refractivity contribution in [1.29, 1.82) is 0 Å². The van der Waals surface area contributed by atoms with Crippen LogP contribution in [0.1, 0.15) is 28.1 Å². The summed E-state index contributed by atoms with van der Waals surface area (Å²) >= 11 is 0. The molecular formula is C18H24N2O3. The highest BCUT2D eigenvalue weighted by atomic mass is 16.5. The van der Waals surface area contributed by atoms with Crippen LogP contribution >= 0.6 is 0 Å². The maximum atomic E-state index is 9.86. The van der Waals surface area contributed by atoms with Crippen LogP contribution in [0.5, 0.6) is 5.75 Å². The summed E-state index contributed by atoms with van der Waals surface area (Å²) in [4.78, 5) is 0. The van der Waals surface area contributed by atoms with Crippen molar-refractivity contribution in [3.05, 3.63) is 46.3 Å². The lowest BCUT2D eigenvalue weighted by molar-refractivity contribution is 0.181. The lowest BCUT2D eigenvalue weighted by atomic mass is 9.97. The highest BCUT2D eigenvalue weighted by Gasteiger charge is 2.29. The number of nitrogens with zero attached hydrogens (tertiary/aromatic N) is 1. The molecule has 3 rings (SSSR count). The third-order valence-electron chi connectivity index (χ3n) is 4.46. The fourth-order valence-corrected chi connectivity index (χ4v) is 3.19. The van der Waals surface area contributed by atoms with Gasteiger partial charge in [-0.2, -0.15) is 0 Å². The highest BCUT2D eigenvalue weighted by molar-refractivity contribution is 5.42. The Morgan fingerprint density at radius 3 is 2.57 bits per heavy atom. The Morgan fingerprint density at radius 1 is 1.17 bits per heavy atom. The van der Waals surface area contributed by atoms with Crippen molar-refractivity contribution in [1.82, 2.24) is 10.5 Å². The van der Waals surface area contributed by atoms with Gasteiger partial charge in [-0.1, -0.05) is 17.3 Å². The molecule has 2 heterocycles. The quantitative estimate of drug-likeness (QED) is 0.887. The Kier molecular flexibility index (Phi) is 4.68. The van der Waals surface area contributed by atoms with E-state index in [2.05, 4.69) is 10.5 Å². The molecule has 2 aromatic rings. The standard InChI is InChI=1S/C18H24N2O3/c1-11-4-14(5-12(2)18(11)21)8-19-17-10-22-9-15(17)7-16-6-13(3)20-23-16/h4-6,15,17,19,21H,7-10H2,1-3H3/t15-,17-/m1/s1. The molecule has 5 heteroatoms. The molecule has 0 spiro atoms. The van der Waals surface area contributed by atoms with Gasteiger partial charge < -0.3 is 19.7 Å². The van der Waals surface area contributed by atoms with Crippen molar-refractivity contribution < 1.29 is 14.4 Å². The van der Waals surface area contributed by atoms with Gasteiger partial charge in [0.2, 0.25) is 0 Å². The van der Waals surface area contributed by atoms with Gasteiger partial charge in [0.05, 0.1) is 18.9 Å². The summed E-state index contributed by atoms with van der Waals surface area (Å²) in [5, 5.41) is 17.4. The second-order valence-corrected chi connectivity index (χ2v) is 6.50. The molecule has 0 aliphatic carbocycles. The van der Waals surface area contributed by atoms with E-state index in [1.807, 2.05) is 39.0 Å². The molecule has 1 aromatic heterocycles. The van der Waals surface area contributed by atoms with Crippen LogP contribution in [0.4, 0.5) is 0 Å². The maximum Gasteiger partial charge on any atom is 0.137 e. The summed E-state index contributed by atoms with van der Waals surface area (Å²) in [6.07, 6.45) is 0.839. The second kappa shape index (κ2) is 6.72. The number of aryl methyl sites for hydroxylation is 3. The minimum Gasteiger partial charge on any atom is -0.507 e. The molecule has 0 saturated carbocycles. The molecule has 0 bridgehead atoms. The normalized spacial score (nSPS) is 21.0. The number of hydrogen-bond acceptors (Lipinski definition) is 5. The lowest BCUT2D eigenvalue weighted by Crippen LogP contribution is -2.36. The Balaban J connectivity index is 1.60. The van der Waals surface area contributed by atoms with E-state index >= 15 is 0 Å². The second-order valence-electron chi connectivity index (χ2n) is 6.50. The van der Waals surface area contributed by atoms with Gasteiger partial charge >= 0.3 is 0 Å². The van der Waals surface area contributed by atoms with E-state index in [9.17, 15) is 5.11 Å². The largest absolute Gasteiger partial charge is 0.507 e. The fraction of sp³-hybridized carbons (Fsp3) is 0.500. The number of aromatic nitrogens is 1. The van der Waals surface area contributed by atoms with Crippen molar-refractivity contribution in [2.24, 2.45) is 5.92 Å². The van der Waals surface area contributed by atoms with E-state index in [4.69, 9.17) is 9.26 Å². The average Bonchev–Trinajstić information content (AvgIpc) is 3.12. The topological polar surface area (TPSA) is 67.5 Å². The smallest absolute Gasteiger partial charge is 0.137 e. The Bertz CT molecular complexity index is 658. The van der Waals surface area contributed by atoms with Crippen molar-refractivity contribution >= 4 is 0 Å². The number of ether oxygens (including phenoxy) is 1. The zero-order chi connectivity index (χ0) is 16.4. The monoisotopic (exact) mass is 316 g/mol. The van der Waals surface area contributed by atoms with Crippen molar-refractivity contribution in [2.45, 2.75) is 39.8 Å². The molecule has 1 saturated heterocycles. The molecule has 1 fully saturated rings. The van der Waals surface area contributed by atoms with Crippen molar-refractivity contribution in [3.63, 3.8) is 0 Å². The van der Waals surface area contributed by atoms with Gasteiger partial charge in [0.25, 0.3) is 0 Å². The average molecular weight is 316 g/mol. The molecule has 2 N–H and O–H groups in total. The summed E-state index contributed by atoms with van der Waals surface area (Å²) in [5.41, 5.74) is 3.92. The molecule has 0 amide bonds. The van der Waals surface area contributed by atoms with Gasteiger partial charge in [0.15, 0.2) is 0 Å². The number of benzene rings is 1. The summed E-state index contributed by atoms with van der Waals surface area (Å²) in [6, 6.07) is 6.34. The molecule has 0 unspecified atom stereocenters. The molecule has 124 valence electrons. The third kappa shape index (κ3) is 3.74. The summed E-state index contributed by atoms with van der Waals surface area (Å²) in [7, 11) is 0. The minimum absolute atomic E-state index is 0.301. The van der Waals surface area contributed by atoms with Gasteiger partial charge in [-0.3, -0.25) is 0 Å². The van der Waals surface area contributed by atoms with E-state index in [0.717, 1.165) is 42.2 Å². The van der Waals surface area contributed by atoms with Crippen LogP contribution in [0.3, 0.4) is 0 Å². The van der Waals surface area contributed by atoms with Crippen LogP contribution in [0.25, 0.3) is 0 Å². The van der Waals surface area contributed by atoms with Gasteiger partial charge in [-0.15, -0.1) is 0 Å². The third-order valence-corrected chi connectivity index (χ3v) is 4.46. The van der Waals surface area contributed by atoms with E-state index in [-0.39, 0.29) is 0 Å². The molecule has 1 aliphatic heterocycles. The summed E-state index contributed by atoms with van der Waals surface area (Å²) in [5.74, 6) is 1.69. The van der Waals surface area contributed by atoms with Crippen molar-refractivity contribution in [3.8, 4) is 5.75 Å². The molecular weight excluding hydrogens is 292 g/mol. The van der Waals surface area contributed by atoms with Crippen LogP contribution in [-0.2, 0) is 17.7 Å². The van der Waals surface area contributed by atoms with Gasteiger partial charge in [-0.25, -0.2) is 0 Å². The number of aromatic hydroxyl groups is 1. The summed E-state index contributed by atoms with van der Waals surface area (Å²) in [6.45, 7) is 8.02. The first kappa shape index (κ1) is 16.0. The highest BCUT2D eigenvalue weighted by Crippen LogP contribution is 2.24. The first-order valence-corrected chi connectivity index (χ1v) is 8.05. The van der Waals surface area contributed by atoms with Crippen molar-refractivity contribution in [2.75, 3.05) is 13.2 Å². The lowest BCUT2D eigenvalue weighted by Gasteiger charge is -2.18. The van der Waals surface area contributed by atoms with E-state index in [0.29, 0.717) is 24.3 Å². The Labute approximate surface area is 136 Å². The number of rotatable bonds is 5. The fourth-order valence-electron chi connectivity index (χ4n) is 3.19. The first-order chi connectivity index (χ1) is 11.0. The molecule has 0 radical (unpaired) electrons. The maximum absolute atomic E-state index is 9.86. The predicted molar refractivity (Wildman–Crippen MR) is 87.5 cm³/mol. The predicted octanol–water partition coefficient (Wildman–Crippen LogP) is 2.65. The molecule has 1 aromatic carbocycles. The molecule has 2 atom stereocenters. The van der Waals surface area contributed by atoms with E-state index < -0.39 is 0 Å². The van der Waals surface area contributed by atoms with E-state index in [1.54, 1.807) is 0 Å². The first-order valence-electron chi connectivity index (χ1n) is 8.05. The number of nitrogens with one attached hydrogen (secondary N) is 1. The summed E-state index contributed by atoms with van der Waals surface area (Å²) < 4.78 is 11.0. The van der Waals surface area contributed by atoms with E-state index in [1.165, 1.54) is 5.56 Å². The zero-order valence-corrected chi connectivity index (χ0v) is 13.9. The molecule has 1 aliphatic rings. The molecule has 23 heavy (non-hydrogen) atoms. The van der Waals surface area contributed by atoms with Gasteiger partial charge in [-0.05, 0) is 37.5 Å². The Hall–Kier alpha value is -1.85. The van der Waals surface area contributed by atoms with Gasteiger partial charge in [0.1, 0.15) is 11.5 Å². The van der Waals surface area contributed by atoms with Crippen LogP contribution in [0, 0.1) is 26.7 Å². The minimum atomic E-state index is 0.301. The zero-order valence-electron chi connectivity index (χ0n) is 13.9. The van der Waals surface area contributed by atoms with Crippen LogP contribution in [0.2, 0.25) is 0 Å². The van der Waals surface area contributed by atoms with Crippen LogP contribution in [0.15, 0.2) is 22.7 Å². The SMILES string of the molecule is Cc1cc(C[C@@H]2COC[C@H]2NCc2cc(C)c(O)c(C)c2)on1. The van der Waals surface area contributed by atoms with Gasteiger partial charge in [0, 0.05) is 31.0 Å². The number of phenolic OH excluding ortho intramolecular Hbond substituents is 1. The number of phenols is 1. The Morgan fingerprint density at radius 2 is 1.91 bits per heavy atom.